The first kappa shape index (κ1) is 18.8. The van der Waals surface area contributed by atoms with Crippen molar-refractivity contribution in [2.75, 3.05) is 11.4 Å². The maximum absolute atomic E-state index is 12.9. The molecule has 8 heteroatoms. The van der Waals surface area contributed by atoms with E-state index in [1.54, 1.807) is 22.5 Å². The highest BCUT2D eigenvalue weighted by molar-refractivity contribution is 7.92. The van der Waals surface area contributed by atoms with E-state index in [0.29, 0.717) is 10.7 Å². The lowest BCUT2D eigenvalue weighted by Gasteiger charge is -2.28. The molecule has 0 bridgehead atoms. The third-order valence-corrected chi connectivity index (χ3v) is 4.95. The second-order valence-electron chi connectivity index (χ2n) is 5.40. The summed E-state index contributed by atoms with van der Waals surface area (Å²) in [5.74, 6) is -1.19. The molecule has 2 aromatic rings. The van der Waals surface area contributed by atoms with E-state index in [2.05, 4.69) is 9.72 Å². The predicted octanol–water partition coefficient (Wildman–Crippen LogP) is 2.50. The van der Waals surface area contributed by atoms with E-state index in [4.69, 9.17) is 5.11 Å². The minimum absolute atomic E-state index is 0.0588. The van der Waals surface area contributed by atoms with Gasteiger partial charge in [0, 0.05) is 12.3 Å². The molecule has 0 radical (unpaired) electrons. The number of nitrogens with zero attached hydrogens (tertiary/aromatic N) is 2. The molecule has 2 rings (SSSR count). The lowest BCUT2D eigenvalue weighted by atomic mass is 10.2. The lowest BCUT2D eigenvalue weighted by Crippen LogP contribution is -2.37. The van der Waals surface area contributed by atoms with Crippen molar-refractivity contribution in [3.63, 3.8) is 0 Å². The van der Waals surface area contributed by atoms with Gasteiger partial charge < -0.3 is 14.4 Å². The Morgan fingerprint density at radius 1 is 1.24 bits per heavy atom. The summed E-state index contributed by atoms with van der Waals surface area (Å²) in [4.78, 5) is 27.1. The monoisotopic (exact) mass is 362 g/mol. The van der Waals surface area contributed by atoms with Crippen LogP contribution in [0.4, 0.5) is 5.82 Å². The van der Waals surface area contributed by atoms with Crippen LogP contribution in [-0.4, -0.2) is 39.7 Å². The van der Waals surface area contributed by atoms with Gasteiger partial charge in [0.2, 0.25) is 0 Å². The molecule has 0 saturated heterocycles. The Hall–Kier alpha value is -2.58. The second kappa shape index (κ2) is 8.00. The van der Waals surface area contributed by atoms with E-state index in [1.807, 2.05) is 13.8 Å². The summed E-state index contributed by atoms with van der Waals surface area (Å²) in [5.41, 5.74) is 0.345. The number of methoxy groups -OCH3 is 1. The molecule has 1 aromatic carbocycles. The van der Waals surface area contributed by atoms with Gasteiger partial charge in [-0.05, 0) is 38.1 Å². The minimum Gasteiger partial charge on any atom is -0.588 e. The van der Waals surface area contributed by atoms with Crippen LogP contribution in [0.1, 0.15) is 34.6 Å². The number of anilines is 1. The summed E-state index contributed by atoms with van der Waals surface area (Å²) in [6.07, 6.45) is 1.35. The number of carboxylic acid groups (broad SMARTS) is 1. The maximum atomic E-state index is 12.9. The van der Waals surface area contributed by atoms with E-state index >= 15 is 0 Å². The molecule has 0 aliphatic carbocycles. The molecule has 132 valence electrons. The molecule has 0 saturated carbocycles. The second-order valence-corrected chi connectivity index (χ2v) is 6.76. The van der Waals surface area contributed by atoms with Crippen LogP contribution < -0.4 is 4.31 Å². The SMILES string of the molecule is COC(=O)c1ccc(N(C(C)C)[S+]([O-])c2cccc(C(=O)O)c2)nc1. The fourth-order valence-corrected chi connectivity index (χ4v) is 3.46. The highest BCUT2D eigenvalue weighted by atomic mass is 32.2. The van der Waals surface area contributed by atoms with Crippen molar-refractivity contribution in [1.29, 1.82) is 0 Å². The molecule has 0 spiro atoms. The molecule has 0 aliphatic rings. The molecule has 1 aromatic heterocycles. The smallest absolute Gasteiger partial charge is 0.339 e. The van der Waals surface area contributed by atoms with Gasteiger partial charge in [0.1, 0.15) is 11.4 Å². The van der Waals surface area contributed by atoms with Gasteiger partial charge in [-0.15, -0.1) is 0 Å². The lowest BCUT2D eigenvalue weighted by molar-refractivity contribution is 0.0599. The van der Waals surface area contributed by atoms with Crippen LogP contribution in [-0.2, 0) is 16.1 Å². The highest BCUT2D eigenvalue weighted by Crippen LogP contribution is 2.25. The standard InChI is InChI=1S/C17H18N2O5S/c1-11(2)19(15-8-7-13(10-18-15)17(22)24-3)25(23)14-6-4-5-12(9-14)16(20)21/h4-11H,1-3H3,(H,20,21). The van der Waals surface area contributed by atoms with Crippen molar-refractivity contribution < 1.29 is 24.0 Å². The van der Waals surface area contributed by atoms with Crippen molar-refractivity contribution in [1.82, 2.24) is 4.98 Å². The number of hydrogen-bond acceptors (Lipinski definition) is 6. The molecule has 0 aliphatic heterocycles. The first-order valence-electron chi connectivity index (χ1n) is 7.44. The Morgan fingerprint density at radius 2 is 1.96 bits per heavy atom. The van der Waals surface area contributed by atoms with Crippen LogP contribution in [0, 0.1) is 0 Å². The number of rotatable bonds is 6. The van der Waals surface area contributed by atoms with E-state index in [9.17, 15) is 14.1 Å². The van der Waals surface area contributed by atoms with Crippen LogP contribution in [0.3, 0.4) is 0 Å². The number of ether oxygens (including phenoxy) is 1. The predicted molar refractivity (Wildman–Crippen MR) is 93.0 cm³/mol. The molecule has 0 amide bonds. The zero-order valence-corrected chi connectivity index (χ0v) is 14.8. The number of esters is 1. The van der Waals surface area contributed by atoms with Gasteiger partial charge >= 0.3 is 11.9 Å². The molecule has 25 heavy (non-hydrogen) atoms. The fourth-order valence-electron chi connectivity index (χ4n) is 2.15. The Morgan fingerprint density at radius 3 is 2.48 bits per heavy atom. The maximum Gasteiger partial charge on any atom is 0.339 e. The van der Waals surface area contributed by atoms with Crippen LogP contribution in [0.2, 0.25) is 0 Å². The summed E-state index contributed by atoms with van der Waals surface area (Å²) in [6, 6.07) is 8.89. The number of carbonyl (C=O) groups excluding carboxylic acids is 1. The van der Waals surface area contributed by atoms with Gasteiger partial charge in [-0.25, -0.2) is 14.6 Å². The zero-order valence-electron chi connectivity index (χ0n) is 14.0. The van der Waals surface area contributed by atoms with Crippen LogP contribution >= 0.6 is 0 Å². The zero-order chi connectivity index (χ0) is 18.6. The van der Waals surface area contributed by atoms with Crippen molar-refractivity contribution in [3.05, 3.63) is 53.7 Å². The van der Waals surface area contributed by atoms with Crippen LogP contribution in [0.15, 0.2) is 47.5 Å². The number of carbonyl (C=O) groups is 2. The van der Waals surface area contributed by atoms with Crippen molar-refractivity contribution in [2.24, 2.45) is 0 Å². The Bertz CT molecular complexity index is 764. The summed E-state index contributed by atoms with van der Waals surface area (Å²) in [6.45, 7) is 3.68. The Labute approximate surface area is 148 Å². The molecular formula is C17H18N2O5S. The van der Waals surface area contributed by atoms with Crippen LogP contribution in [0.5, 0.6) is 0 Å². The topological polar surface area (TPSA) is 103 Å². The number of carboxylic acids is 1. The molecule has 1 heterocycles. The summed E-state index contributed by atoms with van der Waals surface area (Å²) in [5, 5.41) is 9.09. The summed E-state index contributed by atoms with van der Waals surface area (Å²) in [7, 11) is 1.28. The van der Waals surface area contributed by atoms with E-state index < -0.39 is 23.3 Å². The number of pyridine rings is 1. The third kappa shape index (κ3) is 4.28. The highest BCUT2D eigenvalue weighted by Gasteiger charge is 2.28. The minimum atomic E-state index is -1.66. The van der Waals surface area contributed by atoms with Crippen molar-refractivity contribution in [3.8, 4) is 0 Å². The number of benzene rings is 1. The average Bonchev–Trinajstić information content (AvgIpc) is 2.61. The van der Waals surface area contributed by atoms with Gasteiger partial charge in [0.25, 0.3) is 0 Å². The van der Waals surface area contributed by atoms with Gasteiger partial charge in [0.15, 0.2) is 10.7 Å². The molecular weight excluding hydrogens is 344 g/mol. The fraction of sp³-hybridized carbons (Fsp3) is 0.235. The Balaban J connectivity index is 2.35. The van der Waals surface area contributed by atoms with Crippen LogP contribution in [0.25, 0.3) is 0 Å². The van der Waals surface area contributed by atoms with E-state index in [1.165, 1.54) is 31.5 Å². The molecule has 1 atom stereocenters. The van der Waals surface area contributed by atoms with Crippen molar-refractivity contribution >= 4 is 29.1 Å². The summed E-state index contributed by atoms with van der Waals surface area (Å²) >= 11 is -1.66. The average molecular weight is 362 g/mol. The summed E-state index contributed by atoms with van der Waals surface area (Å²) < 4.78 is 19.1. The normalized spacial score (nSPS) is 11.9. The third-order valence-electron chi connectivity index (χ3n) is 3.33. The Kier molecular flexibility index (Phi) is 6.00. The molecule has 1 unspecified atom stereocenters. The first-order chi connectivity index (χ1) is 11.8. The van der Waals surface area contributed by atoms with Gasteiger partial charge in [-0.1, -0.05) is 6.07 Å². The quantitative estimate of drug-likeness (QED) is 0.622. The van der Waals surface area contributed by atoms with Crippen molar-refractivity contribution in [2.45, 2.75) is 24.8 Å². The number of hydrogen-bond donors (Lipinski definition) is 1. The molecule has 0 fully saturated rings. The number of aromatic carboxylic acids is 1. The first-order valence-corrected chi connectivity index (χ1v) is 8.54. The van der Waals surface area contributed by atoms with E-state index in [0.717, 1.165) is 0 Å². The molecule has 1 N–H and O–H groups in total. The van der Waals surface area contributed by atoms with Gasteiger partial charge in [0.05, 0.1) is 24.3 Å². The molecule has 7 nitrogen and oxygen atoms in total. The largest absolute Gasteiger partial charge is 0.588 e. The number of aromatic nitrogens is 1. The van der Waals surface area contributed by atoms with Gasteiger partial charge in [-0.2, -0.15) is 4.31 Å². The van der Waals surface area contributed by atoms with Gasteiger partial charge in [-0.3, -0.25) is 0 Å². The van der Waals surface area contributed by atoms with E-state index in [-0.39, 0.29) is 17.2 Å².